The number of hydrogen-bond acceptors (Lipinski definition) is 3. The van der Waals surface area contributed by atoms with Gasteiger partial charge in [0, 0.05) is 5.56 Å². The molecule has 2 aromatic carbocycles. The van der Waals surface area contributed by atoms with Gasteiger partial charge in [-0.3, -0.25) is 0 Å². The highest BCUT2D eigenvalue weighted by Crippen LogP contribution is 2.34. The molecule has 0 saturated carbocycles. The van der Waals surface area contributed by atoms with Crippen molar-refractivity contribution in [1.82, 2.24) is 0 Å². The molecule has 1 aliphatic heterocycles. The molecule has 0 saturated heterocycles. The summed E-state index contributed by atoms with van der Waals surface area (Å²) in [5.41, 5.74) is 0.948. The molecule has 7 heteroatoms. The third-order valence-electron chi connectivity index (χ3n) is 3.57. The van der Waals surface area contributed by atoms with Crippen LogP contribution < -0.4 is 4.74 Å². The predicted octanol–water partition coefficient (Wildman–Crippen LogP) is 4.00. The van der Waals surface area contributed by atoms with E-state index in [-0.39, 0.29) is 16.4 Å². The van der Waals surface area contributed by atoms with E-state index in [0.717, 1.165) is 6.08 Å². The standard InChI is InChI=1S/C17H13F3O3S/c18-17(19,20)16-9-6-13-10-14(7-8-15(13)23-16)24(21,22)11-12-4-2-1-3-5-12/h1-10,16H,11H2. The van der Waals surface area contributed by atoms with Gasteiger partial charge in [-0.2, -0.15) is 13.2 Å². The number of alkyl halides is 3. The summed E-state index contributed by atoms with van der Waals surface area (Å²) in [5, 5.41) is 0. The normalized spacial score (nSPS) is 17.2. The van der Waals surface area contributed by atoms with Gasteiger partial charge in [-0.05, 0) is 29.8 Å². The van der Waals surface area contributed by atoms with E-state index < -0.39 is 22.1 Å². The maximum absolute atomic E-state index is 12.7. The van der Waals surface area contributed by atoms with Crippen molar-refractivity contribution in [3.05, 3.63) is 65.7 Å². The number of halogens is 3. The fourth-order valence-electron chi connectivity index (χ4n) is 2.38. The van der Waals surface area contributed by atoms with Crippen LogP contribution in [0.4, 0.5) is 13.2 Å². The van der Waals surface area contributed by atoms with Gasteiger partial charge in [0.25, 0.3) is 0 Å². The minimum Gasteiger partial charge on any atom is -0.476 e. The average Bonchev–Trinajstić information content (AvgIpc) is 2.53. The van der Waals surface area contributed by atoms with Gasteiger partial charge in [0.2, 0.25) is 6.10 Å². The van der Waals surface area contributed by atoms with Gasteiger partial charge in [-0.15, -0.1) is 0 Å². The third kappa shape index (κ3) is 3.46. The summed E-state index contributed by atoms with van der Waals surface area (Å²) in [4.78, 5) is 0.0452. The Labute approximate surface area is 137 Å². The number of sulfone groups is 1. The molecule has 24 heavy (non-hydrogen) atoms. The van der Waals surface area contributed by atoms with Crippen molar-refractivity contribution in [3.8, 4) is 5.75 Å². The topological polar surface area (TPSA) is 43.4 Å². The highest BCUT2D eigenvalue weighted by atomic mass is 32.2. The first kappa shape index (κ1) is 16.6. The quantitative estimate of drug-likeness (QED) is 0.837. The Morgan fingerprint density at radius 1 is 1.04 bits per heavy atom. The van der Waals surface area contributed by atoms with Gasteiger partial charge in [-0.25, -0.2) is 8.42 Å². The third-order valence-corrected chi connectivity index (χ3v) is 5.25. The van der Waals surface area contributed by atoms with Crippen LogP contribution in [0.2, 0.25) is 0 Å². The largest absolute Gasteiger partial charge is 0.476 e. The number of rotatable bonds is 3. The van der Waals surface area contributed by atoms with Crippen LogP contribution >= 0.6 is 0 Å². The number of fused-ring (bicyclic) bond motifs is 1. The lowest BCUT2D eigenvalue weighted by Gasteiger charge is -2.23. The van der Waals surface area contributed by atoms with Gasteiger partial charge in [0.05, 0.1) is 10.6 Å². The van der Waals surface area contributed by atoms with E-state index in [9.17, 15) is 21.6 Å². The highest BCUT2D eigenvalue weighted by Gasteiger charge is 2.41. The van der Waals surface area contributed by atoms with Crippen LogP contribution in [-0.2, 0) is 15.6 Å². The van der Waals surface area contributed by atoms with E-state index in [1.165, 1.54) is 24.3 Å². The van der Waals surface area contributed by atoms with Crippen molar-refractivity contribution in [1.29, 1.82) is 0 Å². The van der Waals surface area contributed by atoms with Crippen LogP contribution in [0.3, 0.4) is 0 Å². The second kappa shape index (κ2) is 5.98. The molecular formula is C17H13F3O3S. The van der Waals surface area contributed by atoms with E-state index in [2.05, 4.69) is 0 Å². The van der Waals surface area contributed by atoms with Gasteiger partial charge in [0.1, 0.15) is 5.75 Å². The fraction of sp³-hybridized carbons (Fsp3) is 0.176. The molecular weight excluding hydrogens is 341 g/mol. The zero-order chi connectivity index (χ0) is 17.4. The minimum absolute atomic E-state index is 0.0125. The van der Waals surface area contributed by atoms with E-state index in [1.807, 2.05) is 0 Å². The lowest BCUT2D eigenvalue weighted by molar-refractivity contribution is -0.180. The molecule has 0 N–H and O–H groups in total. The summed E-state index contributed by atoms with van der Waals surface area (Å²) in [6.45, 7) is 0. The van der Waals surface area contributed by atoms with Crippen LogP contribution in [0.15, 0.2) is 59.5 Å². The van der Waals surface area contributed by atoms with Crippen molar-refractivity contribution < 1.29 is 26.3 Å². The van der Waals surface area contributed by atoms with Crippen LogP contribution in [0.5, 0.6) is 5.75 Å². The summed E-state index contributed by atoms with van der Waals surface area (Å²) < 4.78 is 67.8. The van der Waals surface area contributed by atoms with Crippen molar-refractivity contribution in [3.63, 3.8) is 0 Å². The molecule has 1 unspecified atom stereocenters. The molecule has 126 valence electrons. The van der Waals surface area contributed by atoms with Gasteiger partial charge in [-0.1, -0.05) is 36.4 Å². The molecule has 0 radical (unpaired) electrons. The Balaban J connectivity index is 1.88. The van der Waals surface area contributed by atoms with Crippen molar-refractivity contribution in [2.75, 3.05) is 0 Å². The maximum atomic E-state index is 12.7. The van der Waals surface area contributed by atoms with Crippen molar-refractivity contribution >= 4 is 15.9 Å². The molecule has 2 aromatic rings. The van der Waals surface area contributed by atoms with E-state index >= 15 is 0 Å². The first-order chi connectivity index (χ1) is 11.3. The van der Waals surface area contributed by atoms with Crippen LogP contribution in [-0.4, -0.2) is 20.7 Å². The van der Waals surface area contributed by atoms with Gasteiger partial charge in [0.15, 0.2) is 9.84 Å². The zero-order valence-corrected chi connectivity index (χ0v) is 13.1. The Morgan fingerprint density at radius 2 is 1.75 bits per heavy atom. The molecule has 1 atom stereocenters. The number of benzene rings is 2. The number of ether oxygens (including phenoxy) is 1. The van der Waals surface area contributed by atoms with Crippen LogP contribution in [0.25, 0.3) is 6.08 Å². The molecule has 3 rings (SSSR count). The molecule has 1 aliphatic rings. The smallest absolute Gasteiger partial charge is 0.429 e. The second-order valence-corrected chi connectivity index (χ2v) is 7.37. The Hall–Kier alpha value is -2.28. The van der Waals surface area contributed by atoms with Crippen molar-refractivity contribution in [2.45, 2.75) is 22.9 Å². The van der Waals surface area contributed by atoms with E-state index in [4.69, 9.17) is 4.74 Å². The monoisotopic (exact) mass is 354 g/mol. The summed E-state index contributed by atoms with van der Waals surface area (Å²) in [6, 6.07) is 12.5. The predicted molar refractivity (Wildman–Crippen MR) is 83.3 cm³/mol. The van der Waals surface area contributed by atoms with E-state index in [0.29, 0.717) is 11.1 Å². The molecule has 0 aromatic heterocycles. The SMILES string of the molecule is O=S(=O)(Cc1ccccc1)c1ccc2c(c1)C=CC(C(F)(F)F)O2. The van der Waals surface area contributed by atoms with Crippen molar-refractivity contribution in [2.24, 2.45) is 0 Å². The van der Waals surface area contributed by atoms with Crippen LogP contribution in [0.1, 0.15) is 11.1 Å². The molecule has 0 aliphatic carbocycles. The Morgan fingerprint density at radius 3 is 2.42 bits per heavy atom. The molecule has 0 fully saturated rings. The Kier molecular flexibility index (Phi) is 4.13. The van der Waals surface area contributed by atoms with Gasteiger partial charge >= 0.3 is 6.18 Å². The fourth-order valence-corrected chi connectivity index (χ4v) is 3.76. The summed E-state index contributed by atoms with van der Waals surface area (Å²) in [7, 11) is -3.60. The lowest BCUT2D eigenvalue weighted by Crippen LogP contribution is -2.33. The molecule has 0 spiro atoms. The first-order valence-corrected chi connectivity index (χ1v) is 8.73. The molecule has 0 amide bonds. The molecule has 1 heterocycles. The first-order valence-electron chi connectivity index (χ1n) is 7.08. The second-order valence-electron chi connectivity index (χ2n) is 5.38. The maximum Gasteiger partial charge on any atom is 0.429 e. The number of hydrogen-bond donors (Lipinski definition) is 0. The zero-order valence-electron chi connectivity index (χ0n) is 12.3. The molecule has 3 nitrogen and oxygen atoms in total. The highest BCUT2D eigenvalue weighted by molar-refractivity contribution is 7.90. The summed E-state index contributed by atoms with van der Waals surface area (Å²) in [6.07, 6.45) is -4.42. The average molecular weight is 354 g/mol. The molecule has 0 bridgehead atoms. The van der Waals surface area contributed by atoms with E-state index in [1.54, 1.807) is 30.3 Å². The van der Waals surface area contributed by atoms with Crippen LogP contribution in [0, 0.1) is 0 Å². The van der Waals surface area contributed by atoms with Gasteiger partial charge < -0.3 is 4.74 Å². The minimum atomic E-state index is -4.51. The summed E-state index contributed by atoms with van der Waals surface area (Å²) in [5.74, 6) is -0.166. The Bertz CT molecular complexity index is 872. The lowest BCUT2D eigenvalue weighted by atomic mass is 10.1. The summed E-state index contributed by atoms with van der Waals surface area (Å²) >= 11 is 0.